The summed E-state index contributed by atoms with van der Waals surface area (Å²) in [5.74, 6) is -2.29. The third-order valence-corrected chi connectivity index (χ3v) is 6.64. The topological polar surface area (TPSA) is 239 Å². The van der Waals surface area contributed by atoms with Crippen molar-refractivity contribution in [3.05, 3.63) is 56.1 Å². The Kier molecular flexibility index (Phi) is 15.7. The Morgan fingerprint density at radius 3 is 2.36 bits per heavy atom. The average Bonchev–Trinajstić information content (AvgIpc) is 3.48. The quantitative estimate of drug-likeness (QED) is 0.0571. The van der Waals surface area contributed by atoms with Crippen molar-refractivity contribution in [3.8, 4) is 0 Å². The number of carbonyl (C=O) groups excluding carboxylic acids is 3. The summed E-state index contributed by atoms with van der Waals surface area (Å²) in [5.41, 5.74) is 0.927. The number of esters is 1. The van der Waals surface area contributed by atoms with E-state index in [4.69, 9.17) is 4.74 Å². The van der Waals surface area contributed by atoms with Gasteiger partial charge in [-0.15, -0.1) is 20.2 Å². The van der Waals surface area contributed by atoms with Crippen molar-refractivity contribution in [1.29, 1.82) is 0 Å². The van der Waals surface area contributed by atoms with Crippen LogP contribution in [0, 0.1) is 20.2 Å². The number of hydrogen-bond donors (Lipinski definition) is 3. The SMILES string of the molecule is O=C(NCCCCC(NC(CCc1ccccc1)C(=O)O)C(=O)N1CCCC1C(=O)OCCCO[N+](=O)[O-])OCO[N+](=O)[O-]. The number of nitrogens with zero attached hydrogens (tertiary/aromatic N) is 3. The van der Waals surface area contributed by atoms with Gasteiger partial charge in [-0.2, -0.15) is 0 Å². The number of alkyl carbamates (subject to hydrolysis) is 1. The van der Waals surface area contributed by atoms with Crippen LogP contribution >= 0.6 is 0 Å². The summed E-state index contributed by atoms with van der Waals surface area (Å²) in [6, 6.07) is 6.31. The molecule has 0 aliphatic carbocycles. The van der Waals surface area contributed by atoms with E-state index >= 15 is 0 Å². The lowest BCUT2D eigenvalue weighted by Gasteiger charge is -2.30. The van der Waals surface area contributed by atoms with Gasteiger partial charge in [-0.1, -0.05) is 30.3 Å². The molecule has 1 aromatic carbocycles. The van der Waals surface area contributed by atoms with Crippen LogP contribution in [0.2, 0.25) is 0 Å². The molecule has 0 saturated carbocycles. The zero-order valence-corrected chi connectivity index (χ0v) is 24.0. The minimum atomic E-state index is -1.14. The maximum absolute atomic E-state index is 13.7. The zero-order valence-electron chi connectivity index (χ0n) is 24.0. The lowest BCUT2D eigenvalue weighted by atomic mass is 10.0. The van der Waals surface area contributed by atoms with Crippen LogP contribution < -0.4 is 10.6 Å². The zero-order chi connectivity index (χ0) is 32.3. The number of hydrogen-bond acceptors (Lipinski definition) is 13. The monoisotopic (exact) mass is 627 g/mol. The number of benzene rings is 1. The van der Waals surface area contributed by atoms with E-state index in [2.05, 4.69) is 25.0 Å². The first kappa shape index (κ1) is 35.5. The van der Waals surface area contributed by atoms with Crippen LogP contribution in [0.3, 0.4) is 0 Å². The highest BCUT2D eigenvalue weighted by Crippen LogP contribution is 2.21. The maximum atomic E-state index is 13.7. The van der Waals surface area contributed by atoms with Gasteiger partial charge in [0.15, 0.2) is 0 Å². The molecule has 0 radical (unpaired) electrons. The molecule has 18 heteroatoms. The molecule has 44 heavy (non-hydrogen) atoms. The lowest BCUT2D eigenvalue weighted by Crippen LogP contribution is -2.54. The number of rotatable bonds is 21. The number of ether oxygens (including phenoxy) is 2. The third-order valence-electron chi connectivity index (χ3n) is 6.64. The molecular formula is C26H37N5O13. The summed E-state index contributed by atoms with van der Waals surface area (Å²) in [7, 11) is 0. The Labute approximate surface area is 252 Å². The highest BCUT2D eigenvalue weighted by Gasteiger charge is 2.39. The Morgan fingerprint density at radius 2 is 1.68 bits per heavy atom. The van der Waals surface area contributed by atoms with E-state index in [1.54, 1.807) is 0 Å². The van der Waals surface area contributed by atoms with E-state index in [1.165, 1.54) is 4.90 Å². The van der Waals surface area contributed by atoms with Crippen molar-refractivity contribution in [1.82, 2.24) is 15.5 Å². The molecule has 244 valence electrons. The molecular weight excluding hydrogens is 590 g/mol. The van der Waals surface area contributed by atoms with Crippen molar-refractivity contribution in [2.75, 3.05) is 33.1 Å². The molecule has 0 bridgehead atoms. The van der Waals surface area contributed by atoms with Gasteiger partial charge in [-0.25, -0.2) is 9.59 Å². The predicted molar refractivity (Wildman–Crippen MR) is 148 cm³/mol. The molecule has 2 rings (SSSR count). The molecule has 3 unspecified atom stereocenters. The molecule has 1 heterocycles. The van der Waals surface area contributed by atoms with Gasteiger partial charge in [-0.05, 0) is 50.5 Å². The number of likely N-dealkylation sites (tertiary alicyclic amines) is 1. The number of carboxylic acid groups (broad SMARTS) is 1. The van der Waals surface area contributed by atoms with Gasteiger partial charge in [0.25, 0.3) is 10.2 Å². The maximum Gasteiger partial charge on any atom is 0.409 e. The van der Waals surface area contributed by atoms with Crippen molar-refractivity contribution >= 4 is 23.9 Å². The summed E-state index contributed by atoms with van der Waals surface area (Å²) < 4.78 is 9.68. The van der Waals surface area contributed by atoms with Crippen LogP contribution in [0.4, 0.5) is 4.79 Å². The summed E-state index contributed by atoms with van der Waals surface area (Å²) in [5, 5.41) is 33.6. The van der Waals surface area contributed by atoms with Gasteiger partial charge in [0.1, 0.15) is 12.1 Å². The number of carboxylic acids is 1. The summed E-state index contributed by atoms with van der Waals surface area (Å²) in [4.78, 5) is 80.0. The second-order valence-corrected chi connectivity index (χ2v) is 9.73. The van der Waals surface area contributed by atoms with Crippen LogP contribution in [0.25, 0.3) is 0 Å². The molecule has 3 atom stereocenters. The first-order valence-electron chi connectivity index (χ1n) is 14.0. The smallest absolute Gasteiger partial charge is 0.409 e. The second-order valence-electron chi connectivity index (χ2n) is 9.73. The number of aryl methyl sites for hydroxylation is 1. The van der Waals surface area contributed by atoms with E-state index in [0.29, 0.717) is 32.1 Å². The number of amides is 2. The normalized spacial score (nSPS) is 15.5. The fraction of sp³-hybridized carbons (Fsp3) is 0.615. The van der Waals surface area contributed by atoms with Crippen LogP contribution in [0.1, 0.15) is 50.5 Å². The highest BCUT2D eigenvalue weighted by atomic mass is 17.0. The number of nitrogens with one attached hydrogen (secondary N) is 2. The van der Waals surface area contributed by atoms with Crippen LogP contribution in [-0.2, 0) is 40.0 Å². The lowest BCUT2D eigenvalue weighted by molar-refractivity contribution is -0.765. The Hall–Kier alpha value is -4.74. The van der Waals surface area contributed by atoms with Gasteiger partial charge in [0.05, 0.1) is 19.3 Å². The Bertz CT molecular complexity index is 1110. The second kappa shape index (κ2) is 19.4. The van der Waals surface area contributed by atoms with E-state index in [9.17, 15) is 44.5 Å². The van der Waals surface area contributed by atoms with Gasteiger partial charge in [-0.3, -0.25) is 19.7 Å². The molecule has 1 aliphatic heterocycles. The standard InChI is InChI=1S/C26H37N5O13/c32-23(29-15-6-11-22(29)25(35)41-16-7-17-43-30(37)38)20(10-4-5-14-27-26(36)42-18-44-31(39)40)28-21(24(33)34)13-12-19-8-2-1-3-9-19/h1-3,8-9,20-22,28H,4-7,10-18H2,(H,27,36)(H,33,34). The minimum absolute atomic E-state index is 0.0869. The minimum Gasteiger partial charge on any atom is -0.480 e. The van der Waals surface area contributed by atoms with Gasteiger partial charge in [0.2, 0.25) is 12.7 Å². The number of unbranched alkanes of at least 4 members (excludes halogenated alkanes) is 1. The van der Waals surface area contributed by atoms with E-state index < -0.39 is 59.0 Å². The molecule has 0 aromatic heterocycles. The van der Waals surface area contributed by atoms with Crippen LogP contribution in [-0.4, -0.2) is 95.3 Å². The molecule has 1 fully saturated rings. The average molecular weight is 628 g/mol. The first-order valence-corrected chi connectivity index (χ1v) is 14.0. The summed E-state index contributed by atoms with van der Waals surface area (Å²) in [6.07, 6.45) is 1.53. The van der Waals surface area contributed by atoms with E-state index in [1.807, 2.05) is 30.3 Å². The first-order chi connectivity index (χ1) is 21.1. The van der Waals surface area contributed by atoms with Crippen molar-refractivity contribution < 1.29 is 53.6 Å². The molecule has 1 aromatic rings. The summed E-state index contributed by atoms with van der Waals surface area (Å²) in [6.45, 7) is -0.902. The highest BCUT2D eigenvalue weighted by molar-refractivity contribution is 5.88. The number of carbonyl (C=O) groups is 4. The number of aliphatic carboxylic acids is 1. The molecule has 3 N–H and O–H groups in total. The van der Waals surface area contributed by atoms with E-state index in [-0.39, 0.29) is 45.6 Å². The van der Waals surface area contributed by atoms with Gasteiger partial charge >= 0.3 is 18.0 Å². The van der Waals surface area contributed by atoms with E-state index in [0.717, 1.165) is 5.56 Å². The Morgan fingerprint density at radius 1 is 0.955 bits per heavy atom. The van der Waals surface area contributed by atoms with Crippen molar-refractivity contribution in [3.63, 3.8) is 0 Å². The Balaban J connectivity index is 2.01. The fourth-order valence-corrected chi connectivity index (χ4v) is 4.54. The summed E-state index contributed by atoms with van der Waals surface area (Å²) >= 11 is 0. The van der Waals surface area contributed by atoms with Crippen LogP contribution in [0.15, 0.2) is 30.3 Å². The fourth-order valence-electron chi connectivity index (χ4n) is 4.54. The van der Waals surface area contributed by atoms with Crippen LogP contribution in [0.5, 0.6) is 0 Å². The molecule has 0 spiro atoms. The van der Waals surface area contributed by atoms with Gasteiger partial charge < -0.3 is 29.6 Å². The van der Waals surface area contributed by atoms with Crippen molar-refractivity contribution in [2.45, 2.75) is 69.5 Å². The molecule has 2 amide bonds. The molecule has 18 nitrogen and oxygen atoms in total. The van der Waals surface area contributed by atoms with Crippen molar-refractivity contribution in [2.24, 2.45) is 0 Å². The molecule has 1 saturated heterocycles. The predicted octanol–water partition coefficient (Wildman–Crippen LogP) is 1.23. The third kappa shape index (κ3) is 13.5. The molecule has 1 aliphatic rings. The van der Waals surface area contributed by atoms with Gasteiger partial charge in [0, 0.05) is 19.5 Å². The largest absolute Gasteiger partial charge is 0.480 e.